The Kier molecular flexibility index (Phi) is 6.31. The molecule has 0 saturated carbocycles. The molecule has 1 N–H and O–H groups in total. The fourth-order valence-electron chi connectivity index (χ4n) is 5.11. The lowest BCUT2D eigenvalue weighted by Gasteiger charge is -2.46. The molecule has 0 radical (unpaired) electrons. The van der Waals surface area contributed by atoms with Crippen LogP contribution in [-0.2, 0) is 6.54 Å². The van der Waals surface area contributed by atoms with Gasteiger partial charge >= 0.3 is 0 Å². The largest absolute Gasteiger partial charge is 0.396 e. The Morgan fingerprint density at radius 2 is 1.96 bits per heavy atom. The predicted molar refractivity (Wildman–Crippen MR) is 112 cm³/mol. The maximum Gasteiger partial charge on any atom is 0.110 e. The second kappa shape index (κ2) is 8.91. The van der Waals surface area contributed by atoms with Crippen molar-refractivity contribution in [3.05, 3.63) is 35.9 Å². The molecule has 2 aromatic heterocycles. The van der Waals surface area contributed by atoms with E-state index < -0.39 is 0 Å². The van der Waals surface area contributed by atoms with Gasteiger partial charge in [-0.05, 0) is 51.3 Å². The van der Waals surface area contributed by atoms with Crippen LogP contribution in [0.15, 0.2) is 24.4 Å². The summed E-state index contributed by atoms with van der Waals surface area (Å²) in [5.74, 6) is 1.70. The summed E-state index contributed by atoms with van der Waals surface area (Å²) in [6.07, 6.45) is 5.36. The van der Waals surface area contributed by atoms with Crippen molar-refractivity contribution in [3.63, 3.8) is 0 Å². The second-order valence-electron chi connectivity index (χ2n) is 8.62. The average molecular weight is 386 g/mol. The Labute approximate surface area is 168 Å². The van der Waals surface area contributed by atoms with Gasteiger partial charge in [0.25, 0.3) is 0 Å². The van der Waals surface area contributed by atoms with Gasteiger partial charge in [0, 0.05) is 64.7 Å². The standard InChI is InChI=1S/C22H35N5O/c1-18-23-20(22-7-3-4-9-27(18)22)17-25-10-8-21(19(16-25)6-5-15-28)26-13-11-24(2)12-14-26/h3-4,7,9,19,21,28H,5-6,8,10-17H2,1-2H3/t19-,21+/m1/s1. The molecular formula is C22H35N5O. The van der Waals surface area contributed by atoms with Gasteiger partial charge in [0.2, 0.25) is 0 Å². The SMILES string of the molecule is Cc1nc(CN2CC[C@H](N3CCN(C)CC3)[C@H](CCCO)C2)c2ccccn12. The number of likely N-dealkylation sites (tertiary alicyclic amines) is 1. The number of pyridine rings is 1. The second-order valence-corrected chi connectivity index (χ2v) is 8.62. The Morgan fingerprint density at radius 1 is 1.14 bits per heavy atom. The van der Waals surface area contributed by atoms with Crippen LogP contribution in [0, 0.1) is 12.8 Å². The zero-order valence-corrected chi connectivity index (χ0v) is 17.4. The molecule has 0 aliphatic carbocycles. The summed E-state index contributed by atoms with van der Waals surface area (Å²) in [7, 11) is 2.22. The van der Waals surface area contributed by atoms with Gasteiger partial charge in [-0.1, -0.05) is 6.07 Å². The number of piperazine rings is 1. The molecule has 0 aromatic carbocycles. The average Bonchev–Trinajstić information content (AvgIpc) is 3.03. The quantitative estimate of drug-likeness (QED) is 0.822. The summed E-state index contributed by atoms with van der Waals surface area (Å²) in [4.78, 5) is 12.6. The number of hydrogen-bond donors (Lipinski definition) is 1. The van der Waals surface area contributed by atoms with E-state index in [1.54, 1.807) is 0 Å². The van der Waals surface area contributed by atoms with Gasteiger partial charge in [-0.3, -0.25) is 9.80 Å². The van der Waals surface area contributed by atoms with Crippen LogP contribution in [0.3, 0.4) is 0 Å². The number of likely N-dealkylation sites (N-methyl/N-ethyl adjacent to an activating group) is 1. The lowest BCUT2D eigenvalue weighted by molar-refractivity contribution is 0.0210. The predicted octanol–water partition coefficient (Wildman–Crippen LogP) is 1.85. The lowest BCUT2D eigenvalue weighted by atomic mass is 9.86. The van der Waals surface area contributed by atoms with Crippen LogP contribution in [0.1, 0.15) is 30.8 Å². The van der Waals surface area contributed by atoms with E-state index in [0.717, 1.165) is 38.3 Å². The number of aliphatic hydroxyl groups is 1. The Hall–Kier alpha value is -1.47. The van der Waals surface area contributed by atoms with Crippen LogP contribution in [0.25, 0.3) is 5.52 Å². The molecule has 6 heteroatoms. The Bertz CT molecular complexity index is 767. The van der Waals surface area contributed by atoms with E-state index in [1.807, 2.05) is 0 Å². The molecule has 0 spiro atoms. The summed E-state index contributed by atoms with van der Waals surface area (Å²) in [5.41, 5.74) is 2.42. The van der Waals surface area contributed by atoms with E-state index in [1.165, 1.54) is 43.8 Å². The first-order valence-electron chi connectivity index (χ1n) is 10.8. The van der Waals surface area contributed by atoms with Gasteiger partial charge < -0.3 is 14.4 Å². The van der Waals surface area contributed by atoms with Crippen LogP contribution < -0.4 is 0 Å². The van der Waals surface area contributed by atoms with Crippen molar-refractivity contribution in [2.45, 2.75) is 38.8 Å². The molecule has 4 heterocycles. The van der Waals surface area contributed by atoms with Crippen LogP contribution in [0.5, 0.6) is 0 Å². The van der Waals surface area contributed by atoms with Gasteiger partial charge in [0.05, 0.1) is 11.2 Å². The zero-order chi connectivity index (χ0) is 19.5. The molecule has 0 amide bonds. The number of fused-ring (bicyclic) bond motifs is 1. The number of aromatic nitrogens is 2. The first-order valence-corrected chi connectivity index (χ1v) is 10.8. The number of nitrogens with zero attached hydrogens (tertiary/aromatic N) is 5. The summed E-state index contributed by atoms with van der Waals surface area (Å²) in [6, 6.07) is 7.01. The minimum Gasteiger partial charge on any atom is -0.396 e. The van der Waals surface area contributed by atoms with E-state index in [4.69, 9.17) is 4.98 Å². The molecule has 6 nitrogen and oxygen atoms in total. The number of piperidine rings is 1. The molecular weight excluding hydrogens is 350 g/mol. The van der Waals surface area contributed by atoms with Crippen molar-refractivity contribution in [1.29, 1.82) is 0 Å². The monoisotopic (exact) mass is 385 g/mol. The molecule has 2 aliphatic heterocycles. The van der Waals surface area contributed by atoms with Gasteiger partial charge in [0.15, 0.2) is 0 Å². The first-order chi connectivity index (χ1) is 13.7. The summed E-state index contributed by atoms with van der Waals surface area (Å²) >= 11 is 0. The highest BCUT2D eigenvalue weighted by atomic mass is 16.2. The number of imidazole rings is 1. The molecule has 2 aromatic rings. The number of aryl methyl sites for hydroxylation is 1. The van der Waals surface area contributed by atoms with Crippen LogP contribution in [-0.4, -0.2) is 88.2 Å². The molecule has 2 atom stereocenters. The number of hydrogen-bond acceptors (Lipinski definition) is 5. The molecule has 2 saturated heterocycles. The van der Waals surface area contributed by atoms with Crippen LogP contribution in [0.4, 0.5) is 0 Å². The molecule has 4 rings (SSSR count). The fraction of sp³-hybridized carbons (Fsp3) is 0.682. The summed E-state index contributed by atoms with van der Waals surface area (Å²) in [5, 5.41) is 9.40. The number of aliphatic hydroxyl groups excluding tert-OH is 1. The molecule has 0 unspecified atom stereocenters. The third-order valence-electron chi connectivity index (χ3n) is 6.69. The maximum atomic E-state index is 9.40. The zero-order valence-electron chi connectivity index (χ0n) is 17.4. The highest BCUT2D eigenvalue weighted by Crippen LogP contribution is 2.28. The van der Waals surface area contributed by atoms with Crippen molar-refractivity contribution >= 4 is 5.52 Å². The van der Waals surface area contributed by atoms with Crippen molar-refractivity contribution in [1.82, 2.24) is 24.1 Å². The van der Waals surface area contributed by atoms with Crippen molar-refractivity contribution in [2.24, 2.45) is 5.92 Å². The third-order valence-corrected chi connectivity index (χ3v) is 6.69. The Balaban J connectivity index is 1.45. The Morgan fingerprint density at radius 3 is 2.75 bits per heavy atom. The summed E-state index contributed by atoms with van der Waals surface area (Å²) < 4.78 is 2.19. The lowest BCUT2D eigenvalue weighted by Crippen LogP contribution is -2.56. The minimum atomic E-state index is 0.302. The van der Waals surface area contributed by atoms with Gasteiger partial charge in [-0.15, -0.1) is 0 Å². The molecule has 0 bridgehead atoms. The molecule has 2 fully saturated rings. The van der Waals surface area contributed by atoms with E-state index in [2.05, 4.69) is 57.5 Å². The topological polar surface area (TPSA) is 47.2 Å². The highest BCUT2D eigenvalue weighted by molar-refractivity contribution is 5.53. The number of rotatable bonds is 6. The van der Waals surface area contributed by atoms with E-state index >= 15 is 0 Å². The summed E-state index contributed by atoms with van der Waals surface area (Å²) in [6.45, 7) is 10.3. The van der Waals surface area contributed by atoms with E-state index in [-0.39, 0.29) is 0 Å². The maximum absolute atomic E-state index is 9.40. The first kappa shape index (κ1) is 19.8. The molecule has 2 aliphatic rings. The smallest absolute Gasteiger partial charge is 0.110 e. The molecule has 154 valence electrons. The van der Waals surface area contributed by atoms with Crippen molar-refractivity contribution in [2.75, 3.05) is 52.9 Å². The van der Waals surface area contributed by atoms with Crippen molar-refractivity contribution in [3.8, 4) is 0 Å². The normalized spacial score (nSPS) is 25.5. The van der Waals surface area contributed by atoms with Crippen LogP contribution >= 0.6 is 0 Å². The van der Waals surface area contributed by atoms with Gasteiger partial charge in [0.1, 0.15) is 5.82 Å². The van der Waals surface area contributed by atoms with Gasteiger partial charge in [-0.25, -0.2) is 4.98 Å². The molecule has 28 heavy (non-hydrogen) atoms. The van der Waals surface area contributed by atoms with Crippen LogP contribution in [0.2, 0.25) is 0 Å². The van der Waals surface area contributed by atoms with E-state index in [0.29, 0.717) is 18.6 Å². The minimum absolute atomic E-state index is 0.302. The van der Waals surface area contributed by atoms with E-state index in [9.17, 15) is 5.11 Å². The fourth-order valence-corrected chi connectivity index (χ4v) is 5.11. The van der Waals surface area contributed by atoms with Crippen molar-refractivity contribution < 1.29 is 5.11 Å². The third kappa shape index (κ3) is 4.25. The highest BCUT2D eigenvalue weighted by Gasteiger charge is 2.34. The van der Waals surface area contributed by atoms with Gasteiger partial charge in [-0.2, -0.15) is 0 Å².